The van der Waals surface area contributed by atoms with Gasteiger partial charge in [-0.05, 0) is 41.0 Å². The minimum Gasteiger partial charge on any atom is -0.507 e. The maximum Gasteiger partial charge on any atom is 0.128 e. The maximum absolute atomic E-state index is 10.7. The minimum absolute atomic E-state index is 0.103. The molecule has 0 unspecified atom stereocenters. The molecule has 4 aromatic rings. The highest BCUT2D eigenvalue weighted by Crippen LogP contribution is 2.37. The van der Waals surface area contributed by atoms with Gasteiger partial charge in [-0.1, -0.05) is 65.0 Å². The van der Waals surface area contributed by atoms with Crippen molar-refractivity contribution in [1.82, 2.24) is 9.97 Å². The Kier molecular flexibility index (Phi) is 5.91. The van der Waals surface area contributed by atoms with Gasteiger partial charge in [0, 0.05) is 27.9 Å². The molecule has 0 spiro atoms. The fraction of sp³-hybridized carbons (Fsp3) is 0.0400. The van der Waals surface area contributed by atoms with Crippen LogP contribution in [0.3, 0.4) is 0 Å². The second-order valence-electron chi connectivity index (χ2n) is 6.71. The van der Waals surface area contributed by atoms with E-state index in [1.807, 2.05) is 60.7 Å². The molecular formula is C25H19BrN2O2. The van der Waals surface area contributed by atoms with Crippen molar-refractivity contribution in [3.63, 3.8) is 0 Å². The third kappa shape index (κ3) is 4.42. The molecule has 1 heterocycles. The number of hydrogen-bond acceptors (Lipinski definition) is 4. The lowest BCUT2D eigenvalue weighted by Gasteiger charge is -2.12. The third-order valence-corrected chi connectivity index (χ3v) is 5.24. The molecule has 0 bridgehead atoms. The van der Waals surface area contributed by atoms with Crippen LogP contribution in [0.4, 0.5) is 0 Å². The lowest BCUT2D eigenvalue weighted by atomic mass is 10.0. The molecular weight excluding hydrogens is 440 g/mol. The van der Waals surface area contributed by atoms with Gasteiger partial charge in [0.15, 0.2) is 0 Å². The molecule has 3 aromatic carbocycles. The molecule has 1 N–H and O–H groups in total. The van der Waals surface area contributed by atoms with Crippen molar-refractivity contribution < 1.29 is 9.84 Å². The monoisotopic (exact) mass is 458 g/mol. The summed E-state index contributed by atoms with van der Waals surface area (Å²) in [6, 6.07) is 21.1. The lowest BCUT2D eigenvalue weighted by Crippen LogP contribution is -1.96. The van der Waals surface area contributed by atoms with Gasteiger partial charge in [0.2, 0.25) is 0 Å². The highest BCUT2D eigenvalue weighted by atomic mass is 79.9. The predicted molar refractivity (Wildman–Crippen MR) is 123 cm³/mol. The molecule has 0 radical (unpaired) electrons. The van der Waals surface area contributed by atoms with Gasteiger partial charge in [-0.25, -0.2) is 9.97 Å². The molecule has 0 aliphatic rings. The zero-order chi connectivity index (χ0) is 20.9. The van der Waals surface area contributed by atoms with E-state index in [0.29, 0.717) is 23.6 Å². The Morgan fingerprint density at radius 1 is 0.967 bits per heavy atom. The first-order valence-electron chi connectivity index (χ1n) is 9.37. The van der Waals surface area contributed by atoms with E-state index in [1.54, 1.807) is 18.3 Å². The Balaban J connectivity index is 1.58. The molecule has 0 aliphatic carbocycles. The van der Waals surface area contributed by atoms with Gasteiger partial charge in [0.25, 0.3) is 0 Å². The van der Waals surface area contributed by atoms with Crippen molar-refractivity contribution in [2.24, 2.45) is 0 Å². The number of benzene rings is 3. The smallest absolute Gasteiger partial charge is 0.128 e. The summed E-state index contributed by atoms with van der Waals surface area (Å²) >= 11 is 3.45. The van der Waals surface area contributed by atoms with Crippen LogP contribution in [0.1, 0.15) is 11.1 Å². The Labute approximate surface area is 183 Å². The fourth-order valence-corrected chi connectivity index (χ4v) is 3.37. The van der Waals surface area contributed by atoms with Crippen LogP contribution in [0, 0.1) is 0 Å². The zero-order valence-electron chi connectivity index (χ0n) is 16.1. The Morgan fingerprint density at radius 3 is 2.43 bits per heavy atom. The van der Waals surface area contributed by atoms with Crippen LogP contribution in [0.2, 0.25) is 0 Å². The molecule has 1 aromatic heterocycles. The quantitative estimate of drug-likeness (QED) is 0.358. The fourth-order valence-electron chi connectivity index (χ4n) is 3.10. The number of phenolic OH excluding ortho intramolecular Hbond substituents is 1. The molecule has 0 fully saturated rings. The van der Waals surface area contributed by atoms with Crippen molar-refractivity contribution in [3.8, 4) is 33.9 Å². The Bertz CT molecular complexity index is 1170. The van der Waals surface area contributed by atoms with E-state index in [4.69, 9.17) is 4.74 Å². The van der Waals surface area contributed by atoms with E-state index in [1.165, 1.54) is 6.33 Å². The van der Waals surface area contributed by atoms with Crippen LogP contribution < -0.4 is 4.74 Å². The van der Waals surface area contributed by atoms with Crippen LogP contribution in [0.5, 0.6) is 11.5 Å². The second-order valence-corrected chi connectivity index (χ2v) is 7.62. The summed E-state index contributed by atoms with van der Waals surface area (Å²) in [6.45, 7) is 4.17. The summed E-state index contributed by atoms with van der Waals surface area (Å²) < 4.78 is 6.84. The standard InChI is InChI=1S/C25H19BrN2O2/c1-2-17-3-5-18(6-4-17)15-30-21-11-12-22(24(29)13-21)25-23(14-27-16-28-25)19-7-9-20(26)10-8-19/h2-14,16,29H,1,15H2. The number of rotatable bonds is 6. The van der Waals surface area contributed by atoms with E-state index in [9.17, 15) is 5.11 Å². The SMILES string of the molecule is C=Cc1ccc(COc2ccc(-c3ncncc3-c3ccc(Br)cc3)c(O)c2)cc1. The molecule has 0 saturated heterocycles. The van der Waals surface area contributed by atoms with Crippen LogP contribution in [0.15, 0.2) is 90.3 Å². The van der Waals surface area contributed by atoms with Crippen molar-refractivity contribution in [3.05, 3.63) is 101 Å². The van der Waals surface area contributed by atoms with Crippen LogP contribution in [-0.2, 0) is 6.61 Å². The third-order valence-electron chi connectivity index (χ3n) is 4.71. The van der Waals surface area contributed by atoms with Crippen LogP contribution in [-0.4, -0.2) is 15.1 Å². The molecule has 5 heteroatoms. The molecule has 0 saturated carbocycles. The number of nitrogens with zero attached hydrogens (tertiary/aromatic N) is 2. The first-order valence-corrected chi connectivity index (χ1v) is 10.2. The van der Waals surface area contributed by atoms with Gasteiger partial charge in [0.05, 0.1) is 5.69 Å². The molecule has 0 atom stereocenters. The van der Waals surface area contributed by atoms with E-state index in [0.717, 1.165) is 26.7 Å². The van der Waals surface area contributed by atoms with Crippen molar-refractivity contribution in [2.75, 3.05) is 0 Å². The molecule has 4 nitrogen and oxygen atoms in total. The molecule has 0 aliphatic heterocycles. The average Bonchev–Trinajstić information content (AvgIpc) is 2.79. The van der Waals surface area contributed by atoms with Crippen LogP contribution >= 0.6 is 15.9 Å². The highest BCUT2D eigenvalue weighted by molar-refractivity contribution is 9.10. The lowest BCUT2D eigenvalue weighted by molar-refractivity contribution is 0.304. The topological polar surface area (TPSA) is 55.2 Å². The largest absolute Gasteiger partial charge is 0.507 e. The predicted octanol–water partition coefficient (Wildman–Crippen LogP) is 6.50. The number of aromatic nitrogens is 2. The maximum atomic E-state index is 10.7. The summed E-state index contributed by atoms with van der Waals surface area (Å²) in [5, 5.41) is 10.7. The van der Waals surface area contributed by atoms with Gasteiger partial charge < -0.3 is 9.84 Å². The van der Waals surface area contributed by atoms with Gasteiger partial charge in [-0.2, -0.15) is 0 Å². The number of aromatic hydroxyl groups is 1. The number of ether oxygens (including phenoxy) is 1. The summed E-state index contributed by atoms with van der Waals surface area (Å²) in [5.41, 5.74) is 5.20. The van der Waals surface area contributed by atoms with Gasteiger partial charge >= 0.3 is 0 Å². The number of hydrogen-bond donors (Lipinski definition) is 1. The summed E-state index contributed by atoms with van der Waals surface area (Å²) in [5.74, 6) is 0.690. The van der Waals surface area contributed by atoms with Gasteiger partial charge in [0.1, 0.15) is 24.4 Å². The molecule has 0 amide bonds. The van der Waals surface area contributed by atoms with E-state index >= 15 is 0 Å². The molecule has 30 heavy (non-hydrogen) atoms. The van der Waals surface area contributed by atoms with E-state index in [-0.39, 0.29) is 5.75 Å². The normalized spacial score (nSPS) is 10.6. The van der Waals surface area contributed by atoms with Crippen molar-refractivity contribution in [2.45, 2.75) is 6.61 Å². The van der Waals surface area contributed by atoms with E-state index < -0.39 is 0 Å². The molecule has 4 rings (SSSR count). The van der Waals surface area contributed by atoms with Gasteiger partial charge in [-0.3, -0.25) is 0 Å². The average molecular weight is 459 g/mol. The second kappa shape index (κ2) is 8.93. The van der Waals surface area contributed by atoms with E-state index in [2.05, 4.69) is 32.5 Å². The minimum atomic E-state index is 0.103. The number of phenols is 1. The summed E-state index contributed by atoms with van der Waals surface area (Å²) in [7, 11) is 0. The van der Waals surface area contributed by atoms with Crippen molar-refractivity contribution >= 4 is 22.0 Å². The van der Waals surface area contributed by atoms with Crippen LogP contribution in [0.25, 0.3) is 28.5 Å². The highest BCUT2D eigenvalue weighted by Gasteiger charge is 2.14. The molecule has 148 valence electrons. The van der Waals surface area contributed by atoms with Crippen molar-refractivity contribution in [1.29, 1.82) is 0 Å². The zero-order valence-corrected chi connectivity index (χ0v) is 17.7. The first-order chi connectivity index (χ1) is 14.6. The number of halogens is 1. The summed E-state index contributed by atoms with van der Waals surface area (Å²) in [6.07, 6.45) is 5.04. The Morgan fingerprint density at radius 2 is 1.73 bits per heavy atom. The first kappa shape index (κ1) is 19.9. The van der Waals surface area contributed by atoms with Gasteiger partial charge in [-0.15, -0.1) is 0 Å². The Hall–Kier alpha value is -3.44. The summed E-state index contributed by atoms with van der Waals surface area (Å²) in [4.78, 5) is 8.57.